The number of fused-ring (bicyclic) bond motifs is 1. The van der Waals surface area contributed by atoms with E-state index in [1.54, 1.807) is 19.2 Å². The number of carbonyl (C=O) groups excluding carboxylic acids is 1. The van der Waals surface area contributed by atoms with Gasteiger partial charge in [0.15, 0.2) is 17.1 Å². The molecule has 0 aliphatic rings. The van der Waals surface area contributed by atoms with E-state index in [1.807, 2.05) is 37.3 Å². The van der Waals surface area contributed by atoms with Gasteiger partial charge in [0, 0.05) is 15.5 Å². The second-order valence-electron chi connectivity index (χ2n) is 4.90. The van der Waals surface area contributed by atoms with Crippen molar-refractivity contribution in [2.24, 2.45) is 0 Å². The summed E-state index contributed by atoms with van der Waals surface area (Å²) in [6.07, 6.45) is 0. The highest BCUT2D eigenvalue weighted by Gasteiger charge is 2.15. The Bertz CT molecular complexity index is 854. The van der Waals surface area contributed by atoms with Gasteiger partial charge in [0.05, 0.1) is 7.11 Å². The quantitative estimate of drug-likeness (QED) is 0.732. The van der Waals surface area contributed by atoms with E-state index in [-0.39, 0.29) is 11.7 Å². The maximum Gasteiger partial charge on any atom is 0.291 e. The fourth-order valence-corrected chi connectivity index (χ4v) is 2.74. The van der Waals surface area contributed by atoms with E-state index in [4.69, 9.17) is 9.15 Å². The molecule has 0 fully saturated rings. The van der Waals surface area contributed by atoms with E-state index in [0.717, 1.165) is 21.1 Å². The number of amides is 1. The third-order valence-corrected chi connectivity index (χ3v) is 3.88. The lowest BCUT2D eigenvalue weighted by molar-refractivity contribution is 0.0998. The molecule has 2 aromatic carbocycles. The topological polar surface area (TPSA) is 51.5 Å². The number of nitrogens with one attached hydrogen (secondary N) is 1. The highest BCUT2D eigenvalue weighted by atomic mass is 79.9. The molecule has 3 aromatic rings. The summed E-state index contributed by atoms with van der Waals surface area (Å²) in [6.45, 7) is 1.93. The maximum absolute atomic E-state index is 12.4. The van der Waals surface area contributed by atoms with Crippen LogP contribution >= 0.6 is 15.9 Å². The summed E-state index contributed by atoms with van der Waals surface area (Å²) in [6, 6.07) is 12.9. The molecule has 1 heterocycles. The van der Waals surface area contributed by atoms with Crippen molar-refractivity contribution < 1.29 is 13.9 Å². The summed E-state index contributed by atoms with van der Waals surface area (Å²) in [4.78, 5) is 12.4. The second-order valence-corrected chi connectivity index (χ2v) is 5.82. The molecule has 0 aliphatic heterocycles. The fourth-order valence-electron chi connectivity index (χ4n) is 2.26. The van der Waals surface area contributed by atoms with Crippen molar-refractivity contribution in [2.75, 3.05) is 12.4 Å². The zero-order valence-corrected chi connectivity index (χ0v) is 13.7. The van der Waals surface area contributed by atoms with Crippen LogP contribution in [0.1, 0.15) is 16.1 Å². The number of aryl methyl sites for hydroxylation is 1. The Kier molecular flexibility index (Phi) is 3.90. The molecule has 1 aromatic heterocycles. The number of hydrogen-bond acceptors (Lipinski definition) is 3. The third kappa shape index (κ3) is 2.72. The Labute approximate surface area is 136 Å². The van der Waals surface area contributed by atoms with Gasteiger partial charge in [-0.3, -0.25) is 4.79 Å². The molecule has 1 amide bonds. The minimum atomic E-state index is -0.288. The monoisotopic (exact) mass is 359 g/mol. The standard InChI is InChI=1S/C17H14BrNO3/c1-10-8-12(18)6-7-13(10)19-17(20)15-9-11-4-3-5-14(21-2)16(11)22-15/h3-9H,1-2H3,(H,19,20). The summed E-state index contributed by atoms with van der Waals surface area (Å²) in [5, 5.41) is 3.69. The van der Waals surface area contributed by atoms with Gasteiger partial charge < -0.3 is 14.5 Å². The van der Waals surface area contributed by atoms with E-state index in [2.05, 4.69) is 21.2 Å². The predicted octanol–water partition coefficient (Wildman–Crippen LogP) is 4.76. The highest BCUT2D eigenvalue weighted by Crippen LogP contribution is 2.29. The minimum Gasteiger partial charge on any atom is -0.493 e. The first-order valence-corrected chi connectivity index (χ1v) is 7.52. The van der Waals surface area contributed by atoms with Crippen LogP contribution in [0.3, 0.4) is 0 Å². The summed E-state index contributed by atoms with van der Waals surface area (Å²) in [5.41, 5.74) is 2.29. The van der Waals surface area contributed by atoms with Gasteiger partial charge in [-0.1, -0.05) is 28.1 Å². The number of hydrogen-bond donors (Lipinski definition) is 1. The number of methoxy groups -OCH3 is 1. The van der Waals surface area contributed by atoms with Crippen LogP contribution in [0.5, 0.6) is 5.75 Å². The highest BCUT2D eigenvalue weighted by molar-refractivity contribution is 9.10. The number of rotatable bonds is 3. The molecule has 4 nitrogen and oxygen atoms in total. The van der Waals surface area contributed by atoms with Crippen LogP contribution in [0.2, 0.25) is 0 Å². The molecule has 5 heteroatoms. The first kappa shape index (κ1) is 14.7. The molecule has 22 heavy (non-hydrogen) atoms. The molecule has 0 atom stereocenters. The first-order chi connectivity index (χ1) is 10.6. The van der Waals surface area contributed by atoms with Crippen molar-refractivity contribution in [3.63, 3.8) is 0 Å². The van der Waals surface area contributed by atoms with E-state index in [1.165, 1.54) is 0 Å². The lowest BCUT2D eigenvalue weighted by atomic mass is 10.2. The molecule has 0 unspecified atom stereocenters. The third-order valence-electron chi connectivity index (χ3n) is 3.39. The molecule has 0 saturated carbocycles. The molecule has 0 radical (unpaired) electrons. The van der Waals surface area contributed by atoms with Gasteiger partial charge >= 0.3 is 0 Å². The number of anilines is 1. The zero-order valence-electron chi connectivity index (χ0n) is 12.1. The van der Waals surface area contributed by atoms with Crippen LogP contribution in [0.4, 0.5) is 5.69 Å². The Morgan fingerprint density at radius 2 is 2.05 bits per heavy atom. The van der Waals surface area contributed by atoms with Gasteiger partial charge in [0.1, 0.15) is 0 Å². The molecule has 0 spiro atoms. The Morgan fingerprint density at radius 3 is 2.77 bits per heavy atom. The lowest BCUT2D eigenvalue weighted by Gasteiger charge is -2.07. The maximum atomic E-state index is 12.4. The normalized spacial score (nSPS) is 10.7. The fraction of sp³-hybridized carbons (Fsp3) is 0.118. The second kappa shape index (κ2) is 5.85. The number of para-hydroxylation sites is 1. The van der Waals surface area contributed by atoms with Crippen molar-refractivity contribution in [1.82, 2.24) is 0 Å². The van der Waals surface area contributed by atoms with Gasteiger partial charge in [-0.25, -0.2) is 0 Å². The van der Waals surface area contributed by atoms with Crippen molar-refractivity contribution in [3.05, 3.63) is 58.3 Å². The molecule has 0 aliphatic carbocycles. The van der Waals surface area contributed by atoms with Crippen LogP contribution in [0.25, 0.3) is 11.0 Å². The number of furan rings is 1. The van der Waals surface area contributed by atoms with Gasteiger partial charge in [0.2, 0.25) is 0 Å². The molecule has 112 valence electrons. The minimum absolute atomic E-state index is 0.252. The molecule has 1 N–H and O–H groups in total. The van der Waals surface area contributed by atoms with Crippen LogP contribution in [0.15, 0.2) is 51.4 Å². The van der Waals surface area contributed by atoms with E-state index in [9.17, 15) is 4.79 Å². The Hall–Kier alpha value is -2.27. The molecule has 0 saturated heterocycles. The first-order valence-electron chi connectivity index (χ1n) is 6.72. The average molecular weight is 360 g/mol. The SMILES string of the molecule is COc1cccc2cc(C(=O)Nc3ccc(Br)cc3C)oc12. The summed E-state index contributed by atoms with van der Waals surface area (Å²) < 4.78 is 11.9. The number of halogens is 1. The van der Waals surface area contributed by atoms with Crippen LogP contribution in [-0.2, 0) is 0 Å². The van der Waals surface area contributed by atoms with Gasteiger partial charge in [0.25, 0.3) is 5.91 Å². The van der Waals surface area contributed by atoms with Crippen molar-refractivity contribution in [3.8, 4) is 5.75 Å². The number of ether oxygens (including phenoxy) is 1. The average Bonchev–Trinajstić information content (AvgIpc) is 2.94. The Balaban J connectivity index is 1.92. The van der Waals surface area contributed by atoms with Crippen molar-refractivity contribution in [2.45, 2.75) is 6.92 Å². The molecular formula is C17H14BrNO3. The summed E-state index contributed by atoms with van der Waals surface area (Å²) >= 11 is 3.40. The van der Waals surface area contributed by atoms with Crippen LogP contribution in [0, 0.1) is 6.92 Å². The molecule has 3 rings (SSSR count). The van der Waals surface area contributed by atoms with E-state index < -0.39 is 0 Å². The molecular weight excluding hydrogens is 346 g/mol. The summed E-state index contributed by atoms with van der Waals surface area (Å²) in [5.74, 6) is 0.571. The number of carbonyl (C=O) groups is 1. The van der Waals surface area contributed by atoms with Gasteiger partial charge in [-0.2, -0.15) is 0 Å². The van der Waals surface area contributed by atoms with Crippen molar-refractivity contribution in [1.29, 1.82) is 0 Å². The largest absolute Gasteiger partial charge is 0.493 e. The van der Waals surface area contributed by atoms with E-state index >= 15 is 0 Å². The lowest BCUT2D eigenvalue weighted by Crippen LogP contribution is -2.11. The number of benzene rings is 2. The van der Waals surface area contributed by atoms with Gasteiger partial charge in [-0.05, 0) is 42.8 Å². The smallest absolute Gasteiger partial charge is 0.291 e. The van der Waals surface area contributed by atoms with E-state index in [0.29, 0.717) is 11.3 Å². The van der Waals surface area contributed by atoms with Crippen LogP contribution in [-0.4, -0.2) is 13.0 Å². The van der Waals surface area contributed by atoms with Crippen LogP contribution < -0.4 is 10.1 Å². The van der Waals surface area contributed by atoms with Gasteiger partial charge in [-0.15, -0.1) is 0 Å². The van der Waals surface area contributed by atoms with Crippen molar-refractivity contribution >= 4 is 38.5 Å². The zero-order chi connectivity index (χ0) is 15.7. The molecule has 0 bridgehead atoms. The predicted molar refractivity (Wildman–Crippen MR) is 89.6 cm³/mol. The summed E-state index contributed by atoms with van der Waals surface area (Å²) in [7, 11) is 1.57. The Morgan fingerprint density at radius 1 is 1.23 bits per heavy atom.